The third-order valence-electron chi connectivity index (χ3n) is 6.69. The fourth-order valence-corrected chi connectivity index (χ4v) is 4.87. The molecule has 9 nitrogen and oxygen atoms in total. The highest BCUT2D eigenvalue weighted by atomic mass is 35.5. The molecule has 0 spiro atoms. The normalized spacial score (nSPS) is 14.5. The first kappa shape index (κ1) is 24.2. The number of nitrogens with zero attached hydrogens (tertiary/aromatic N) is 7. The number of nitriles is 1. The van der Waals surface area contributed by atoms with Crippen molar-refractivity contribution in [3.63, 3.8) is 0 Å². The van der Waals surface area contributed by atoms with Crippen molar-refractivity contribution in [1.82, 2.24) is 29.4 Å². The molecule has 0 bridgehead atoms. The van der Waals surface area contributed by atoms with Gasteiger partial charge in [0.05, 0.1) is 58.1 Å². The number of pyridine rings is 2. The number of anilines is 2. The molecule has 0 amide bonds. The summed E-state index contributed by atoms with van der Waals surface area (Å²) in [6.45, 7) is 7.12. The SMILES string of the molecule is CC(C)(C)CNc1c(C#N)cnc2c(Cl)cc(N[C@H](c3cn(C4CC4)nn3)c3cccn4cncc34)cc12. The van der Waals surface area contributed by atoms with Crippen LogP contribution in [0.25, 0.3) is 16.4 Å². The van der Waals surface area contributed by atoms with Gasteiger partial charge in [-0.1, -0.05) is 43.7 Å². The van der Waals surface area contributed by atoms with Gasteiger partial charge in [-0.15, -0.1) is 5.10 Å². The fourth-order valence-electron chi connectivity index (χ4n) is 4.61. The molecule has 6 rings (SSSR count). The standard InChI is InChI=1S/C28H28ClN9/c1-28(2,3)15-33-25-17(11-30)12-32-26-21(25)9-18(10-22(26)29)34-27(23-14-38(36-35-23)19-6-7-19)20-5-4-8-37-16-31-13-24(20)37/h4-5,8-10,12-14,16,19,27,34H,6-7,15H2,1-3H3,(H,32,33)/t27-/m0/s1. The summed E-state index contributed by atoms with van der Waals surface area (Å²) in [4.78, 5) is 8.84. The van der Waals surface area contributed by atoms with E-state index in [1.807, 2.05) is 45.9 Å². The molecule has 4 aromatic heterocycles. The number of hydrogen-bond acceptors (Lipinski definition) is 7. The lowest BCUT2D eigenvalue weighted by Gasteiger charge is -2.22. The van der Waals surface area contributed by atoms with Gasteiger partial charge in [0.25, 0.3) is 0 Å². The molecule has 1 aliphatic carbocycles. The number of fused-ring (bicyclic) bond motifs is 2. The van der Waals surface area contributed by atoms with Crippen LogP contribution in [-0.2, 0) is 0 Å². The predicted octanol–water partition coefficient (Wildman–Crippen LogP) is 5.99. The number of imidazole rings is 1. The van der Waals surface area contributed by atoms with Crippen LogP contribution in [0.1, 0.15) is 62.5 Å². The summed E-state index contributed by atoms with van der Waals surface area (Å²) in [5.41, 5.74) is 5.43. The summed E-state index contributed by atoms with van der Waals surface area (Å²) < 4.78 is 3.94. The lowest BCUT2D eigenvalue weighted by Crippen LogP contribution is -2.20. The zero-order valence-corrected chi connectivity index (χ0v) is 22.2. The molecule has 0 radical (unpaired) electrons. The number of nitrogens with one attached hydrogen (secondary N) is 2. The maximum atomic E-state index is 9.82. The maximum Gasteiger partial charge on any atom is 0.110 e. The first-order chi connectivity index (χ1) is 18.3. The average Bonchev–Trinajstić information content (AvgIpc) is 3.41. The highest BCUT2D eigenvalue weighted by Crippen LogP contribution is 2.38. The van der Waals surface area contributed by atoms with Gasteiger partial charge in [0.2, 0.25) is 0 Å². The topological polar surface area (TPSA) is 109 Å². The molecule has 2 N–H and O–H groups in total. The van der Waals surface area contributed by atoms with Crippen molar-refractivity contribution in [2.75, 3.05) is 17.2 Å². The van der Waals surface area contributed by atoms with Crippen LogP contribution in [0.3, 0.4) is 0 Å². The highest BCUT2D eigenvalue weighted by Gasteiger charge is 2.28. The zero-order chi connectivity index (χ0) is 26.4. The van der Waals surface area contributed by atoms with Crippen molar-refractivity contribution in [3.8, 4) is 6.07 Å². The largest absolute Gasteiger partial charge is 0.383 e. The Bertz CT molecular complexity index is 1680. The summed E-state index contributed by atoms with van der Waals surface area (Å²) in [5, 5.41) is 27.2. The third kappa shape index (κ3) is 4.63. The molecular weight excluding hydrogens is 498 g/mol. The van der Waals surface area contributed by atoms with Crippen molar-refractivity contribution >= 4 is 39.4 Å². The second kappa shape index (κ2) is 9.30. The molecule has 1 saturated carbocycles. The quantitative estimate of drug-likeness (QED) is 0.268. The molecular formula is C28H28ClN9. The van der Waals surface area contributed by atoms with Crippen molar-refractivity contribution in [1.29, 1.82) is 5.26 Å². The minimum Gasteiger partial charge on any atom is -0.383 e. The smallest absolute Gasteiger partial charge is 0.110 e. The Morgan fingerprint density at radius 2 is 2.08 bits per heavy atom. The lowest BCUT2D eigenvalue weighted by atomic mass is 9.96. The highest BCUT2D eigenvalue weighted by molar-refractivity contribution is 6.35. The molecule has 0 saturated heterocycles. The minimum absolute atomic E-state index is 0.0182. The molecule has 192 valence electrons. The van der Waals surface area contributed by atoms with Gasteiger partial charge in [-0.25, -0.2) is 9.67 Å². The van der Waals surface area contributed by atoms with Gasteiger partial charge in [-0.2, -0.15) is 5.26 Å². The van der Waals surface area contributed by atoms with Crippen LogP contribution in [-0.4, -0.2) is 35.9 Å². The van der Waals surface area contributed by atoms with E-state index in [-0.39, 0.29) is 11.5 Å². The molecule has 38 heavy (non-hydrogen) atoms. The van der Waals surface area contributed by atoms with E-state index in [4.69, 9.17) is 11.6 Å². The monoisotopic (exact) mass is 525 g/mol. The van der Waals surface area contributed by atoms with E-state index in [9.17, 15) is 5.26 Å². The van der Waals surface area contributed by atoms with Crippen molar-refractivity contribution in [2.45, 2.75) is 45.7 Å². The van der Waals surface area contributed by atoms with E-state index < -0.39 is 0 Å². The molecule has 1 aliphatic rings. The first-order valence-corrected chi connectivity index (χ1v) is 13.0. The Morgan fingerprint density at radius 1 is 1.24 bits per heavy atom. The van der Waals surface area contributed by atoms with E-state index in [2.05, 4.69) is 63.8 Å². The number of halogens is 1. The number of rotatable bonds is 7. The predicted molar refractivity (Wildman–Crippen MR) is 148 cm³/mol. The van der Waals surface area contributed by atoms with Gasteiger partial charge in [0.1, 0.15) is 11.8 Å². The van der Waals surface area contributed by atoms with E-state index in [1.54, 1.807) is 12.5 Å². The second-order valence-electron chi connectivity index (χ2n) is 11.0. The Labute approximate surface area is 225 Å². The molecule has 0 unspecified atom stereocenters. The Balaban J connectivity index is 1.46. The first-order valence-electron chi connectivity index (χ1n) is 12.7. The molecule has 5 aromatic rings. The van der Waals surface area contributed by atoms with Crippen LogP contribution in [0.5, 0.6) is 0 Å². The number of hydrogen-bond donors (Lipinski definition) is 2. The maximum absolute atomic E-state index is 9.82. The van der Waals surface area contributed by atoms with Gasteiger partial charge in [0.15, 0.2) is 0 Å². The van der Waals surface area contributed by atoms with Crippen molar-refractivity contribution < 1.29 is 0 Å². The average molecular weight is 526 g/mol. The molecule has 1 fully saturated rings. The van der Waals surface area contributed by atoms with Crippen LogP contribution < -0.4 is 10.6 Å². The summed E-state index contributed by atoms with van der Waals surface area (Å²) in [7, 11) is 0. The molecule has 1 aromatic carbocycles. The molecule has 0 aliphatic heterocycles. The van der Waals surface area contributed by atoms with Crippen LogP contribution in [0.4, 0.5) is 11.4 Å². The van der Waals surface area contributed by atoms with E-state index >= 15 is 0 Å². The Kier molecular flexibility index (Phi) is 5.92. The van der Waals surface area contributed by atoms with Crippen LogP contribution in [0.15, 0.2) is 55.4 Å². The van der Waals surface area contributed by atoms with Gasteiger partial charge in [-0.3, -0.25) is 4.98 Å². The lowest BCUT2D eigenvalue weighted by molar-refractivity contribution is 0.443. The second-order valence-corrected chi connectivity index (χ2v) is 11.4. The van der Waals surface area contributed by atoms with Crippen LogP contribution >= 0.6 is 11.6 Å². The fraction of sp³-hybridized carbons (Fsp3) is 0.321. The van der Waals surface area contributed by atoms with E-state index in [0.29, 0.717) is 28.7 Å². The zero-order valence-electron chi connectivity index (χ0n) is 21.5. The molecule has 4 heterocycles. The van der Waals surface area contributed by atoms with Crippen molar-refractivity contribution in [2.24, 2.45) is 5.41 Å². The van der Waals surface area contributed by atoms with E-state index in [0.717, 1.165) is 46.4 Å². The number of benzene rings is 1. The molecule has 1 atom stereocenters. The minimum atomic E-state index is -0.311. The third-order valence-corrected chi connectivity index (χ3v) is 6.98. The van der Waals surface area contributed by atoms with Crippen LogP contribution in [0, 0.1) is 16.7 Å². The summed E-state index contributed by atoms with van der Waals surface area (Å²) >= 11 is 6.77. The van der Waals surface area contributed by atoms with Gasteiger partial charge in [-0.05, 0) is 36.5 Å². The molecule has 10 heteroatoms. The van der Waals surface area contributed by atoms with Crippen LogP contribution in [0.2, 0.25) is 5.02 Å². The summed E-state index contributed by atoms with van der Waals surface area (Å²) in [6.07, 6.45) is 11.4. The Morgan fingerprint density at radius 3 is 2.84 bits per heavy atom. The number of aromatic nitrogens is 6. The van der Waals surface area contributed by atoms with E-state index in [1.165, 1.54) is 0 Å². The van der Waals surface area contributed by atoms with Gasteiger partial charge in [0, 0.05) is 35.6 Å². The van der Waals surface area contributed by atoms with Gasteiger partial charge < -0.3 is 15.0 Å². The summed E-state index contributed by atoms with van der Waals surface area (Å²) in [5.74, 6) is 0. The van der Waals surface area contributed by atoms with Gasteiger partial charge >= 0.3 is 0 Å². The van der Waals surface area contributed by atoms with Crippen molar-refractivity contribution in [3.05, 3.63) is 77.2 Å². The summed E-state index contributed by atoms with van der Waals surface area (Å²) in [6, 6.07) is 10.3. The Hall–Kier alpha value is -4.16.